The minimum absolute atomic E-state index is 0.0894. The van der Waals surface area contributed by atoms with E-state index in [-0.39, 0.29) is 12.5 Å². The maximum absolute atomic E-state index is 11.7. The molecule has 0 saturated carbocycles. The van der Waals surface area contributed by atoms with Gasteiger partial charge in [0.05, 0.1) is 12.8 Å². The van der Waals surface area contributed by atoms with E-state index >= 15 is 0 Å². The number of nitrogens with zero attached hydrogens (tertiary/aromatic N) is 1. The molecule has 5 heteroatoms. The highest BCUT2D eigenvalue weighted by Gasteiger charge is 2.02. The van der Waals surface area contributed by atoms with Crippen LogP contribution >= 0.6 is 0 Å². The van der Waals surface area contributed by atoms with Gasteiger partial charge >= 0.3 is 0 Å². The molecule has 0 spiro atoms. The number of para-hydroxylation sites is 1. The summed E-state index contributed by atoms with van der Waals surface area (Å²) in [7, 11) is 0. The quantitative estimate of drug-likeness (QED) is 0.631. The Kier molecular flexibility index (Phi) is 6.17. The molecule has 1 N–H and O–H groups in total. The minimum Gasteiger partial charge on any atom is -0.493 e. The molecule has 120 valence electrons. The minimum atomic E-state index is -0.323. The SMILES string of the molecule is CCOc1ccccc1/C=N/NC(=O)COc1cccc(C)c1. The van der Waals surface area contributed by atoms with Crippen molar-refractivity contribution in [2.75, 3.05) is 13.2 Å². The molecule has 0 aliphatic rings. The van der Waals surface area contributed by atoms with E-state index < -0.39 is 0 Å². The zero-order chi connectivity index (χ0) is 16.5. The third kappa shape index (κ3) is 5.47. The van der Waals surface area contributed by atoms with E-state index in [2.05, 4.69) is 10.5 Å². The van der Waals surface area contributed by atoms with E-state index in [1.54, 1.807) is 6.21 Å². The van der Waals surface area contributed by atoms with Gasteiger partial charge < -0.3 is 9.47 Å². The van der Waals surface area contributed by atoms with Gasteiger partial charge in [-0.05, 0) is 43.7 Å². The lowest BCUT2D eigenvalue weighted by atomic mass is 10.2. The van der Waals surface area contributed by atoms with Crippen LogP contribution in [0, 0.1) is 6.92 Å². The van der Waals surface area contributed by atoms with Gasteiger partial charge in [-0.1, -0.05) is 24.3 Å². The molecular formula is C18H20N2O3. The lowest BCUT2D eigenvalue weighted by Gasteiger charge is -2.06. The van der Waals surface area contributed by atoms with E-state index in [0.717, 1.165) is 16.9 Å². The Morgan fingerprint density at radius 2 is 2.00 bits per heavy atom. The second-order valence-corrected chi connectivity index (χ2v) is 4.87. The summed E-state index contributed by atoms with van der Waals surface area (Å²) in [6, 6.07) is 15.0. The number of amides is 1. The van der Waals surface area contributed by atoms with Crippen LogP contribution in [-0.2, 0) is 4.79 Å². The third-order valence-electron chi connectivity index (χ3n) is 2.97. The summed E-state index contributed by atoms with van der Waals surface area (Å²) in [6.07, 6.45) is 1.55. The van der Waals surface area contributed by atoms with Crippen molar-refractivity contribution >= 4 is 12.1 Å². The molecule has 0 bridgehead atoms. The summed E-state index contributed by atoms with van der Waals surface area (Å²) in [4.78, 5) is 11.7. The Bertz CT molecular complexity index is 683. The highest BCUT2D eigenvalue weighted by Crippen LogP contribution is 2.15. The number of hydrogen-bond acceptors (Lipinski definition) is 4. The van der Waals surface area contributed by atoms with Crippen LogP contribution in [0.5, 0.6) is 11.5 Å². The van der Waals surface area contributed by atoms with Gasteiger partial charge in [0, 0.05) is 5.56 Å². The van der Waals surface area contributed by atoms with Gasteiger partial charge in [0.2, 0.25) is 0 Å². The van der Waals surface area contributed by atoms with E-state index in [0.29, 0.717) is 12.4 Å². The maximum Gasteiger partial charge on any atom is 0.277 e. The topological polar surface area (TPSA) is 59.9 Å². The molecule has 2 aromatic carbocycles. The molecule has 0 radical (unpaired) electrons. The Morgan fingerprint density at radius 1 is 1.17 bits per heavy atom. The molecule has 0 saturated heterocycles. The molecule has 1 amide bonds. The van der Waals surface area contributed by atoms with Crippen LogP contribution in [0.1, 0.15) is 18.1 Å². The van der Waals surface area contributed by atoms with Crippen molar-refractivity contribution in [1.82, 2.24) is 5.43 Å². The van der Waals surface area contributed by atoms with Gasteiger partial charge in [-0.2, -0.15) is 5.10 Å². The number of hydrazone groups is 1. The Morgan fingerprint density at radius 3 is 2.78 bits per heavy atom. The summed E-state index contributed by atoms with van der Waals surface area (Å²) in [5, 5.41) is 3.93. The van der Waals surface area contributed by atoms with Crippen LogP contribution in [-0.4, -0.2) is 25.3 Å². The number of carbonyl (C=O) groups is 1. The van der Waals surface area contributed by atoms with Crippen molar-refractivity contribution in [2.45, 2.75) is 13.8 Å². The molecule has 0 atom stereocenters. The van der Waals surface area contributed by atoms with Crippen molar-refractivity contribution in [3.05, 3.63) is 59.7 Å². The molecule has 23 heavy (non-hydrogen) atoms. The highest BCUT2D eigenvalue weighted by atomic mass is 16.5. The molecule has 0 heterocycles. The predicted octanol–water partition coefficient (Wildman–Crippen LogP) is 2.92. The largest absolute Gasteiger partial charge is 0.493 e. The first-order valence-corrected chi connectivity index (χ1v) is 7.42. The van der Waals surface area contributed by atoms with Crippen molar-refractivity contribution in [2.24, 2.45) is 5.10 Å². The summed E-state index contributed by atoms with van der Waals surface area (Å²) < 4.78 is 10.9. The number of nitrogens with one attached hydrogen (secondary N) is 1. The fourth-order valence-corrected chi connectivity index (χ4v) is 1.93. The van der Waals surface area contributed by atoms with Crippen LogP contribution in [0.3, 0.4) is 0 Å². The first-order chi connectivity index (χ1) is 11.2. The fourth-order valence-electron chi connectivity index (χ4n) is 1.93. The first-order valence-electron chi connectivity index (χ1n) is 7.42. The molecule has 5 nitrogen and oxygen atoms in total. The molecule has 0 fully saturated rings. The zero-order valence-corrected chi connectivity index (χ0v) is 13.3. The Hall–Kier alpha value is -2.82. The normalized spacial score (nSPS) is 10.5. The summed E-state index contributed by atoms with van der Waals surface area (Å²) >= 11 is 0. The number of carbonyl (C=O) groups excluding carboxylic acids is 1. The second kappa shape index (κ2) is 8.58. The maximum atomic E-state index is 11.7. The van der Waals surface area contributed by atoms with Gasteiger partial charge in [0.1, 0.15) is 11.5 Å². The highest BCUT2D eigenvalue weighted by molar-refractivity contribution is 5.85. The molecule has 2 rings (SSSR count). The van der Waals surface area contributed by atoms with Crippen molar-refractivity contribution in [3.8, 4) is 11.5 Å². The summed E-state index contributed by atoms with van der Waals surface area (Å²) in [5.74, 6) is 1.06. The lowest BCUT2D eigenvalue weighted by molar-refractivity contribution is -0.123. The summed E-state index contributed by atoms with van der Waals surface area (Å²) in [6.45, 7) is 4.36. The number of ether oxygens (including phenoxy) is 2. The number of rotatable bonds is 7. The third-order valence-corrected chi connectivity index (χ3v) is 2.97. The molecule has 0 unspecified atom stereocenters. The van der Waals surface area contributed by atoms with Gasteiger partial charge in [-0.25, -0.2) is 5.43 Å². The predicted molar refractivity (Wildman–Crippen MR) is 90.0 cm³/mol. The average Bonchev–Trinajstić information content (AvgIpc) is 2.55. The number of benzene rings is 2. The van der Waals surface area contributed by atoms with E-state index in [4.69, 9.17) is 9.47 Å². The van der Waals surface area contributed by atoms with Crippen LogP contribution in [0.25, 0.3) is 0 Å². The first kappa shape index (κ1) is 16.5. The molecule has 2 aromatic rings. The van der Waals surface area contributed by atoms with Crippen molar-refractivity contribution < 1.29 is 14.3 Å². The van der Waals surface area contributed by atoms with Gasteiger partial charge in [-0.15, -0.1) is 0 Å². The molecule has 0 aliphatic carbocycles. The standard InChI is InChI=1S/C18H20N2O3/c1-3-22-17-10-5-4-8-15(17)12-19-20-18(21)13-23-16-9-6-7-14(2)11-16/h4-12H,3,13H2,1-2H3,(H,20,21)/b19-12+. The van der Waals surface area contributed by atoms with Crippen molar-refractivity contribution in [3.63, 3.8) is 0 Å². The van der Waals surface area contributed by atoms with Gasteiger partial charge in [-0.3, -0.25) is 4.79 Å². The molecular weight excluding hydrogens is 292 g/mol. The second-order valence-electron chi connectivity index (χ2n) is 4.87. The van der Waals surface area contributed by atoms with Gasteiger partial charge in [0.25, 0.3) is 5.91 Å². The van der Waals surface area contributed by atoms with E-state index in [1.165, 1.54) is 0 Å². The monoisotopic (exact) mass is 312 g/mol. The lowest BCUT2D eigenvalue weighted by Crippen LogP contribution is -2.24. The van der Waals surface area contributed by atoms with Crippen LogP contribution < -0.4 is 14.9 Å². The van der Waals surface area contributed by atoms with Gasteiger partial charge in [0.15, 0.2) is 6.61 Å². The van der Waals surface area contributed by atoms with Crippen LogP contribution in [0.4, 0.5) is 0 Å². The smallest absolute Gasteiger partial charge is 0.277 e. The number of hydrogen-bond donors (Lipinski definition) is 1. The number of aryl methyl sites for hydroxylation is 1. The average molecular weight is 312 g/mol. The Labute approximate surface area is 135 Å². The van der Waals surface area contributed by atoms with Crippen LogP contribution in [0.15, 0.2) is 53.6 Å². The summed E-state index contributed by atoms with van der Waals surface area (Å²) in [5.41, 5.74) is 4.31. The molecule has 0 aliphatic heterocycles. The van der Waals surface area contributed by atoms with E-state index in [1.807, 2.05) is 62.4 Å². The fraction of sp³-hybridized carbons (Fsp3) is 0.222. The van der Waals surface area contributed by atoms with Crippen molar-refractivity contribution in [1.29, 1.82) is 0 Å². The molecule has 0 aromatic heterocycles. The Balaban J connectivity index is 1.84. The zero-order valence-electron chi connectivity index (χ0n) is 13.3. The van der Waals surface area contributed by atoms with E-state index in [9.17, 15) is 4.79 Å². The van der Waals surface area contributed by atoms with Crippen LogP contribution in [0.2, 0.25) is 0 Å².